The molecule has 0 radical (unpaired) electrons. The van der Waals surface area contributed by atoms with Gasteiger partial charge in [-0.1, -0.05) is 0 Å². The number of hydrogen-bond acceptors (Lipinski definition) is 4. The van der Waals surface area contributed by atoms with Crippen molar-refractivity contribution in [2.24, 2.45) is 0 Å². The van der Waals surface area contributed by atoms with Gasteiger partial charge in [-0.2, -0.15) is 0 Å². The van der Waals surface area contributed by atoms with Crippen molar-refractivity contribution >= 4 is 28.9 Å². The summed E-state index contributed by atoms with van der Waals surface area (Å²) in [6.07, 6.45) is 0. The Morgan fingerprint density at radius 2 is 1.63 bits per heavy atom. The molecule has 1 atom stereocenters. The number of nitrogens with one attached hydrogen (secondary N) is 3. The Balaban J connectivity index is 1.45. The minimum absolute atomic E-state index is 0.0459. The van der Waals surface area contributed by atoms with Crippen LogP contribution in [0.15, 0.2) is 42.5 Å². The van der Waals surface area contributed by atoms with Gasteiger partial charge >= 0.3 is 0 Å². The van der Waals surface area contributed by atoms with Crippen LogP contribution in [0.5, 0.6) is 0 Å². The summed E-state index contributed by atoms with van der Waals surface area (Å²) in [5.41, 5.74) is 1.51. The zero-order chi connectivity index (χ0) is 21.5. The molecule has 30 heavy (non-hydrogen) atoms. The van der Waals surface area contributed by atoms with Gasteiger partial charge in [0.1, 0.15) is 11.6 Å². The van der Waals surface area contributed by atoms with Gasteiger partial charge in [-0.25, -0.2) is 8.78 Å². The summed E-state index contributed by atoms with van der Waals surface area (Å²) in [7, 11) is 1.67. The van der Waals surface area contributed by atoms with Crippen molar-refractivity contribution in [3.63, 3.8) is 0 Å². The van der Waals surface area contributed by atoms with Crippen molar-refractivity contribution in [1.82, 2.24) is 0 Å². The summed E-state index contributed by atoms with van der Waals surface area (Å²) in [5, 5.41) is 5.12. The number of carbonyl (C=O) groups excluding carboxylic acids is 2. The molecule has 2 aromatic rings. The Hall–Kier alpha value is -3.04. The van der Waals surface area contributed by atoms with Crippen molar-refractivity contribution in [2.45, 2.75) is 0 Å². The van der Waals surface area contributed by atoms with Crippen LogP contribution in [0.4, 0.5) is 25.8 Å². The van der Waals surface area contributed by atoms with Gasteiger partial charge in [0, 0.05) is 30.5 Å². The smallest absolute Gasteiger partial charge is 0.279 e. The molecule has 1 fully saturated rings. The van der Waals surface area contributed by atoms with Crippen LogP contribution >= 0.6 is 0 Å². The molecule has 1 saturated heterocycles. The molecule has 1 unspecified atom stereocenters. The summed E-state index contributed by atoms with van der Waals surface area (Å²) in [5.74, 6) is -2.14. The zero-order valence-corrected chi connectivity index (χ0v) is 16.7. The summed E-state index contributed by atoms with van der Waals surface area (Å²) in [4.78, 5) is 27.1. The molecule has 0 bridgehead atoms. The topological polar surface area (TPSA) is 75.1 Å². The van der Waals surface area contributed by atoms with Crippen LogP contribution in [0, 0.1) is 11.6 Å². The molecule has 1 aliphatic heterocycles. The average Bonchev–Trinajstić information content (AvgIpc) is 2.71. The van der Waals surface area contributed by atoms with E-state index in [1.54, 1.807) is 7.05 Å². The number of quaternary nitrogens is 1. The molecule has 3 rings (SSSR count). The largest absolute Gasteiger partial charge is 0.378 e. The van der Waals surface area contributed by atoms with E-state index in [0.717, 1.165) is 37.0 Å². The van der Waals surface area contributed by atoms with Gasteiger partial charge in [-0.05, 0) is 36.4 Å². The van der Waals surface area contributed by atoms with E-state index < -0.39 is 17.5 Å². The number of benzene rings is 2. The second kappa shape index (κ2) is 10.1. The highest BCUT2D eigenvalue weighted by molar-refractivity contribution is 5.93. The van der Waals surface area contributed by atoms with Crippen LogP contribution in [0.3, 0.4) is 0 Å². The van der Waals surface area contributed by atoms with Crippen LogP contribution in [0.2, 0.25) is 0 Å². The Morgan fingerprint density at radius 3 is 2.30 bits per heavy atom. The second-order valence-electron chi connectivity index (χ2n) is 7.18. The van der Waals surface area contributed by atoms with E-state index in [1.807, 2.05) is 24.3 Å². The molecule has 2 aromatic carbocycles. The van der Waals surface area contributed by atoms with Gasteiger partial charge < -0.3 is 25.2 Å². The Bertz CT molecular complexity index is 886. The van der Waals surface area contributed by atoms with Crippen molar-refractivity contribution in [3.05, 3.63) is 54.1 Å². The number of amides is 2. The van der Waals surface area contributed by atoms with Crippen LogP contribution in [-0.2, 0) is 14.3 Å². The molecule has 2 amide bonds. The summed E-state index contributed by atoms with van der Waals surface area (Å²) in [6.45, 7) is 3.05. The normalized spacial score (nSPS) is 14.8. The van der Waals surface area contributed by atoms with Gasteiger partial charge in [0.15, 0.2) is 13.1 Å². The van der Waals surface area contributed by atoms with E-state index in [1.165, 1.54) is 0 Å². The molecular formula is C21H25F2N4O3+. The fourth-order valence-corrected chi connectivity index (χ4v) is 3.18. The molecule has 0 saturated carbocycles. The van der Waals surface area contributed by atoms with Crippen LogP contribution in [0.1, 0.15) is 0 Å². The van der Waals surface area contributed by atoms with Crippen LogP contribution < -0.4 is 20.4 Å². The molecule has 7 nitrogen and oxygen atoms in total. The maximum absolute atomic E-state index is 13.6. The number of hydrogen-bond donors (Lipinski definition) is 3. The van der Waals surface area contributed by atoms with Gasteiger partial charge in [-0.15, -0.1) is 0 Å². The van der Waals surface area contributed by atoms with Crippen LogP contribution in [0.25, 0.3) is 0 Å². The Morgan fingerprint density at radius 1 is 1.00 bits per heavy atom. The lowest BCUT2D eigenvalue weighted by Gasteiger charge is -2.28. The fraction of sp³-hybridized carbons (Fsp3) is 0.333. The summed E-state index contributed by atoms with van der Waals surface area (Å²) in [6, 6.07) is 10.4. The Kier molecular flexibility index (Phi) is 7.31. The van der Waals surface area contributed by atoms with E-state index in [9.17, 15) is 18.4 Å². The van der Waals surface area contributed by atoms with E-state index in [-0.39, 0.29) is 24.7 Å². The number of anilines is 3. The average molecular weight is 419 g/mol. The first-order chi connectivity index (χ1) is 14.4. The number of carbonyl (C=O) groups is 2. The van der Waals surface area contributed by atoms with E-state index in [0.29, 0.717) is 23.8 Å². The number of rotatable bonds is 7. The summed E-state index contributed by atoms with van der Waals surface area (Å²) >= 11 is 0. The third-order valence-corrected chi connectivity index (χ3v) is 4.65. The number of halogens is 2. The first kappa shape index (κ1) is 21.7. The lowest BCUT2D eigenvalue weighted by Crippen LogP contribution is -3.11. The molecule has 160 valence electrons. The number of ether oxygens (including phenoxy) is 1. The molecule has 0 spiro atoms. The third-order valence-electron chi connectivity index (χ3n) is 4.65. The summed E-state index contributed by atoms with van der Waals surface area (Å²) < 4.78 is 32.1. The number of nitrogens with zero attached hydrogens (tertiary/aromatic N) is 1. The zero-order valence-electron chi connectivity index (χ0n) is 16.7. The van der Waals surface area contributed by atoms with Crippen molar-refractivity contribution in [1.29, 1.82) is 0 Å². The maximum Gasteiger partial charge on any atom is 0.279 e. The van der Waals surface area contributed by atoms with Crippen molar-refractivity contribution in [2.75, 3.05) is 62.0 Å². The molecule has 1 aliphatic rings. The van der Waals surface area contributed by atoms with Gasteiger partial charge in [0.2, 0.25) is 0 Å². The molecule has 0 aliphatic carbocycles. The first-order valence-corrected chi connectivity index (χ1v) is 9.69. The third kappa shape index (κ3) is 6.23. The molecule has 1 heterocycles. The van der Waals surface area contributed by atoms with Gasteiger partial charge in [-0.3, -0.25) is 9.59 Å². The quantitative estimate of drug-likeness (QED) is 0.623. The van der Waals surface area contributed by atoms with E-state index in [2.05, 4.69) is 15.5 Å². The SMILES string of the molecule is C[NH+](CC(=O)Nc1ccc(N2CCOCC2)cc1)CC(=O)Nc1cc(F)ccc1F. The monoisotopic (exact) mass is 419 g/mol. The lowest BCUT2D eigenvalue weighted by molar-refractivity contribution is -0.862. The minimum Gasteiger partial charge on any atom is -0.378 e. The predicted molar refractivity (Wildman–Crippen MR) is 110 cm³/mol. The van der Waals surface area contributed by atoms with Gasteiger partial charge in [0.05, 0.1) is 25.9 Å². The molecule has 0 aromatic heterocycles. The van der Waals surface area contributed by atoms with E-state index >= 15 is 0 Å². The van der Waals surface area contributed by atoms with E-state index in [4.69, 9.17) is 4.74 Å². The number of morpholine rings is 1. The molecule has 9 heteroatoms. The number of likely N-dealkylation sites (N-methyl/N-ethyl adjacent to an activating group) is 1. The molecular weight excluding hydrogens is 394 g/mol. The standard InChI is InChI=1S/C21H24F2N4O3/c1-26(14-21(29)25-19-12-15(22)2-7-18(19)23)13-20(28)24-16-3-5-17(6-4-16)27-8-10-30-11-9-27/h2-7,12H,8-11,13-14H2,1H3,(H,24,28)(H,25,29)/p+1. The first-order valence-electron chi connectivity index (χ1n) is 9.69. The lowest BCUT2D eigenvalue weighted by atomic mass is 10.2. The minimum atomic E-state index is -0.722. The second-order valence-corrected chi connectivity index (χ2v) is 7.18. The highest BCUT2D eigenvalue weighted by Crippen LogP contribution is 2.19. The highest BCUT2D eigenvalue weighted by atomic mass is 19.1. The highest BCUT2D eigenvalue weighted by Gasteiger charge is 2.16. The van der Waals surface area contributed by atoms with Crippen LogP contribution in [-0.4, -0.2) is 58.3 Å². The fourth-order valence-electron chi connectivity index (χ4n) is 3.18. The van der Waals surface area contributed by atoms with Crippen molar-refractivity contribution < 1.29 is 28.0 Å². The molecule has 3 N–H and O–H groups in total. The predicted octanol–water partition coefficient (Wildman–Crippen LogP) is 0.893. The Labute approximate surface area is 173 Å². The van der Waals surface area contributed by atoms with Gasteiger partial charge in [0.25, 0.3) is 11.8 Å². The van der Waals surface area contributed by atoms with Crippen molar-refractivity contribution in [3.8, 4) is 0 Å². The maximum atomic E-state index is 13.6.